The molecule has 0 atom stereocenters. The molecule has 0 aromatic carbocycles. The van der Waals surface area contributed by atoms with E-state index in [9.17, 15) is 4.79 Å². The molecule has 0 unspecified atom stereocenters. The van der Waals surface area contributed by atoms with E-state index >= 15 is 0 Å². The molecular formula is C6H10O3S2. The van der Waals surface area contributed by atoms with Crippen LogP contribution < -0.4 is 0 Å². The Kier molecular flexibility index (Phi) is 8.15. The molecule has 2 N–H and O–H groups in total. The van der Waals surface area contributed by atoms with Crippen LogP contribution in [0.1, 0.15) is 0 Å². The van der Waals surface area contributed by atoms with Gasteiger partial charge in [0, 0.05) is 5.75 Å². The molecule has 0 aromatic heterocycles. The number of hydrogen-bond acceptors (Lipinski definition) is 5. The van der Waals surface area contributed by atoms with Crippen molar-refractivity contribution in [1.82, 2.24) is 0 Å². The van der Waals surface area contributed by atoms with Crippen molar-refractivity contribution in [2.75, 3.05) is 19.0 Å². The van der Waals surface area contributed by atoms with Crippen LogP contribution >= 0.6 is 23.5 Å². The van der Waals surface area contributed by atoms with Gasteiger partial charge in [0.2, 0.25) is 5.12 Å². The lowest BCUT2D eigenvalue weighted by molar-refractivity contribution is -0.113. The second kappa shape index (κ2) is 8.13. The molecule has 3 nitrogen and oxygen atoms in total. The van der Waals surface area contributed by atoms with Gasteiger partial charge in [0.25, 0.3) is 0 Å². The Balaban J connectivity index is 3.22. The minimum absolute atomic E-state index is 0.133. The van der Waals surface area contributed by atoms with E-state index in [1.807, 2.05) is 0 Å². The highest BCUT2D eigenvalue weighted by atomic mass is 32.2. The van der Waals surface area contributed by atoms with Gasteiger partial charge in [-0.25, -0.2) is 0 Å². The van der Waals surface area contributed by atoms with Gasteiger partial charge in [-0.2, -0.15) is 0 Å². The number of aliphatic hydroxyl groups excluding tert-OH is 2. The third kappa shape index (κ3) is 7.93. The highest BCUT2D eigenvalue weighted by Gasteiger charge is 1.93. The van der Waals surface area contributed by atoms with Crippen molar-refractivity contribution in [1.29, 1.82) is 0 Å². The lowest BCUT2D eigenvalue weighted by Gasteiger charge is -1.88. The molecule has 0 spiro atoms. The zero-order valence-corrected chi connectivity index (χ0v) is 7.53. The Morgan fingerprint density at radius 1 is 1.36 bits per heavy atom. The predicted molar refractivity (Wildman–Crippen MR) is 48.4 cm³/mol. The summed E-state index contributed by atoms with van der Waals surface area (Å²) in [6.07, 6.45) is 0. The van der Waals surface area contributed by atoms with Crippen molar-refractivity contribution in [3.8, 4) is 0 Å². The smallest absolute Gasteiger partial charge is 0.218 e. The summed E-state index contributed by atoms with van der Waals surface area (Å²) in [4.78, 5) is 10.4. The summed E-state index contributed by atoms with van der Waals surface area (Å²) in [5, 5.41) is 19.7. The minimum Gasteiger partial charge on any atom is -0.396 e. The van der Waals surface area contributed by atoms with E-state index in [4.69, 9.17) is 10.2 Å². The molecule has 0 saturated heterocycles. The van der Waals surface area contributed by atoms with Crippen LogP contribution in [0, 0.1) is 0 Å². The first-order chi connectivity index (χ1) is 5.31. The second-order valence-corrected chi connectivity index (χ2v) is 3.49. The molecule has 0 aliphatic heterocycles. The normalized spacial score (nSPS) is 10.7. The van der Waals surface area contributed by atoms with Crippen LogP contribution in [0.15, 0.2) is 10.8 Å². The van der Waals surface area contributed by atoms with Crippen LogP contribution in [0.25, 0.3) is 0 Å². The molecule has 0 rings (SSSR count). The molecular weight excluding hydrogens is 184 g/mol. The Bertz CT molecular complexity index is 136. The number of rotatable bonds is 5. The summed E-state index contributed by atoms with van der Waals surface area (Å²) in [6, 6.07) is 0. The average molecular weight is 194 g/mol. The van der Waals surface area contributed by atoms with Crippen molar-refractivity contribution < 1.29 is 15.0 Å². The van der Waals surface area contributed by atoms with Gasteiger partial charge in [-0.05, 0) is 10.8 Å². The van der Waals surface area contributed by atoms with Crippen molar-refractivity contribution in [2.24, 2.45) is 0 Å². The molecule has 0 saturated carbocycles. The Hall–Kier alpha value is 0.0300. The van der Waals surface area contributed by atoms with Gasteiger partial charge in [-0.15, -0.1) is 11.8 Å². The van der Waals surface area contributed by atoms with E-state index in [1.54, 1.807) is 10.8 Å². The molecule has 0 radical (unpaired) electrons. The Morgan fingerprint density at radius 2 is 2.09 bits per heavy atom. The minimum atomic E-state index is -0.431. The zero-order valence-electron chi connectivity index (χ0n) is 5.90. The van der Waals surface area contributed by atoms with Crippen molar-refractivity contribution in [3.05, 3.63) is 10.8 Å². The van der Waals surface area contributed by atoms with Crippen molar-refractivity contribution in [3.63, 3.8) is 0 Å². The van der Waals surface area contributed by atoms with Crippen LogP contribution in [0.2, 0.25) is 0 Å². The fourth-order valence-corrected chi connectivity index (χ4v) is 1.31. The highest BCUT2D eigenvalue weighted by Crippen LogP contribution is 2.08. The van der Waals surface area contributed by atoms with Crippen molar-refractivity contribution in [2.45, 2.75) is 0 Å². The largest absolute Gasteiger partial charge is 0.396 e. The van der Waals surface area contributed by atoms with Crippen LogP contribution in [-0.4, -0.2) is 34.3 Å². The molecule has 0 heterocycles. The molecule has 0 amide bonds. The van der Waals surface area contributed by atoms with Gasteiger partial charge in [-0.1, -0.05) is 11.8 Å². The van der Waals surface area contributed by atoms with E-state index in [1.165, 1.54) is 11.8 Å². The third-order valence-corrected chi connectivity index (χ3v) is 2.27. The summed E-state index contributed by atoms with van der Waals surface area (Å²) in [5.74, 6) is 0.629. The maximum Gasteiger partial charge on any atom is 0.218 e. The Labute approximate surface area is 73.9 Å². The standard InChI is InChI=1S/C6H10O3S2/c7-1-2-10-3-4-11-6(9)5-8/h3-4,7-8H,1-2,5H2. The van der Waals surface area contributed by atoms with Crippen molar-refractivity contribution >= 4 is 28.6 Å². The quantitative estimate of drug-likeness (QED) is 0.622. The van der Waals surface area contributed by atoms with Gasteiger partial charge in [0.15, 0.2) is 0 Å². The fraction of sp³-hybridized carbons (Fsp3) is 0.500. The van der Waals surface area contributed by atoms with E-state index in [0.29, 0.717) is 5.75 Å². The molecule has 0 bridgehead atoms. The first kappa shape index (κ1) is 11.0. The molecule has 0 aliphatic rings. The van der Waals surface area contributed by atoms with Crippen LogP contribution in [-0.2, 0) is 4.79 Å². The van der Waals surface area contributed by atoms with Crippen LogP contribution in [0.3, 0.4) is 0 Å². The van der Waals surface area contributed by atoms with Gasteiger partial charge >= 0.3 is 0 Å². The van der Waals surface area contributed by atoms with E-state index in [0.717, 1.165) is 11.8 Å². The summed E-state index contributed by atoms with van der Waals surface area (Å²) >= 11 is 2.38. The molecule has 0 aromatic rings. The lowest BCUT2D eigenvalue weighted by atomic mass is 10.8. The average Bonchev–Trinajstić information content (AvgIpc) is 2.04. The fourth-order valence-electron chi connectivity index (χ4n) is 0.301. The molecule has 11 heavy (non-hydrogen) atoms. The number of aliphatic hydroxyl groups is 2. The van der Waals surface area contributed by atoms with E-state index in [-0.39, 0.29) is 11.7 Å². The molecule has 0 fully saturated rings. The van der Waals surface area contributed by atoms with Gasteiger partial charge < -0.3 is 10.2 Å². The van der Waals surface area contributed by atoms with E-state index in [2.05, 4.69) is 0 Å². The summed E-state index contributed by atoms with van der Waals surface area (Å²) in [5.41, 5.74) is 0. The maximum atomic E-state index is 10.4. The maximum absolute atomic E-state index is 10.4. The van der Waals surface area contributed by atoms with Crippen LogP contribution in [0.5, 0.6) is 0 Å². The van der Waals surface area contributed by atoms with Crippen LogP contribution in [0.4, 0.5) is 0 Å². The monoisotopic (exact) mass is 194 g/mol. The third-order valence-electron chi connectivity index (χ3n) is 0.690. The molecule has 0 aliphatic carbocycles. The Morgan fingerprint density at radius 3 is 2.64 bits per heavy atom. The summed E-state index contributed by atoms with van der Waals surface area (Å²) < 4.78 is 0. The summed E-state index contributed by atoms with van der Waals surface area (Å²) in [6.45, 7) is -0.298. The second-order valence-electron chi connectivity index (χ2n) is 1.51. The number of carbonyl (C=O) groups is 1. The number of thioether (sulfide) groups is 2. The first-order valence-electron chi connectivity index (χ1n) is 2.99. The SMILES string of the molecule is O=C(CO)SC=CSCCO. The predicted octanol–water partition coefficient (Wildman–Crippen LogP) is 0.435. The number of hydrogen-bond donors (Lipinski definition) is 2. The highest BCUT2D eigenvalue weighted by molar-refractivity contribution is 8.16. The van der Waals surface area contributed by atoms with Gasteiger partial charge in [-0.3, -0.25) is 4.79 Å². The zero-order chi connectivity index (χ0) is 8.53. The molecule has 5 heteroatoms. The number of carbonyl (C=O) groups excluding carboxylic acids is 1. The topological polar surface area (TPSA) is 57.5 Å². The molecule has 64 valence electrons. The van der Waals surface area contributed by atoms with E-state index < -0.39 is 6.61 Å². The van der Waals surface area contributed by atoms with Gasteiger partial charge in [0.05, 0.1) is 6.61 Å². The first-order valence-corrected chi connectivity index (χ1v) is 4.92. The lowest BCUT2D eigenvalue weighted by Crippen LogP contribution is -1.94. The summed E-state index contributed by atoms with van der Waals surface area (Å²) in [7, 11) is 0. The van der Waals surface area contributed by atoms with Gasteiger partial charge in [0.1, 0.15) is 6.61 Å².